The Morgan fingerprint density at radius 3 is 2.50 bits per heavy atom. The van der Waals surface area contributed by atoms with Gasteiger partial charge in [0.2, 0.25) is 6.04 Å². The zero-order chi connectivity index (χ0) is 10.9. The van der Waals surface area contributed by atoms with Crippen LogP contribution in [0.2, 0.25) is 0 Å². The van der Waals surface area contributed by atoms with E-state index in [2.05, 4.69) is 0 Å². The van der Waals surface area contributed by atoms with Crippen LogP contribution in [0.15, 0.2) is 0 Å². The predicted molar refractivity (Wildman–Crippen MR) is 38.9 cm³/mol. The van der Waals surface area contributed by atoms with Crippen molar-refractivity contribution in [3.05, 3.63) is 10.1 Å². The summed E-state index contributed by atoms with van der Waals surface area (Å²) in [6.07, 6.45) is 0. The third-order valence-corrected chi connectivity index (χ3v) is 1.60. The van der Waals surface area contributed by atoms with Crippen molar-refractivity contribution in [2.24, 2.45) is 0 Å². The molecule has 1 fully saturated rings. The van der Waals surface area contributed by atoms with E-state index in [1.54, 1.807) is 10.6 Å². The molecule has 0 radical (unpaired) electrons. The van der Waals surface area contributed by atoms with Gasteiger partial charge in [0.1, 0.15) is 0 Å². The van der Waals surface area contributed by atoms with Crippen molar-refractivity contribution in [1.29, 1.82) is 0 Å². The second kappa shape index (κ2) is 3.28. The van der Waals surface area contributed by atoms with Gasteiger partial charge in [-0.1, -0.05) is 0 Å². The highest BCUT2D eigenvalue weighted by atomic mass is 16.6. The van der Waals surface area contributed by atoms with Crippen LogP contribution >= 0.6 is 0 Å². The van der Waals surface area contributed by atoms with Gasteiger partial charge < -0.3 is 10.4 Å². The Kier molecular flexibility index (Phi) is 2.32. The maximum absolute atomic E-state index is 10.9. The van der Waals surface area contributed by atoms with Gasteiger partial charge in [0.15, 0.2) is 0 Å². The minimum Gasteiger partial charge on any atom is -0.480 e. The summed E-state index contributed by atoms with van der Waals surface area (Å²) in [4.78, 5) is 41.2. The van der Waals surface area contributed by atoms with Crippen molar-refractivity contribution in [3.8, 4) is 0 Å². The van der Waals surface area contributed by atoms with Crippen LogP contribution in [-0.2, 0) is 9.59 Å². The van der Waals surface area contributed by atoms with E-state index in [9.17, 15) is 24.5 Å². The van der Waals surface area contributed by atoms with Gasteiger partial charge >= 0.3 is 23.9 Å². The first kappa shape index (κ1) is 9.89. The molecule has 9 nitrogen and oxygen atoms in total. The molecule has 1 saturated heterocycles. The second-order valence-electron chi connectivity index (χ2n) is 2.51. The summed E-state index contributed by atoms with van der Waals surface area (Å²) < 4.78 is 0. The Morgan fingerprint density at radius 2 is 2.07 bits per heavy atom. The number of aliphatic carboxylic acids is 1. The summed E-state index contributed by atoms with van der Waals surface area (Å²) in [5.74, 6) is -2.86. The van der Waals surface area contributed by atoms with Crippen molar-refractivity contribution in [2.45, 2.75) is 12.1 Å². The lowest BCUT2D eigenvalue weighted by molar-refractivity contribution is -0.510. The van der Waals surface area contributed by atoms with Gasteiger partial charge in [-0.2, -0.15) is 0 Å². The molecule has 0 spiro atoms. The highest BCUT2D eigenvalue weighted by Gasteiger charge is 2.48. The predicted octanol–water partition coefficient (Wildman–Crippen LogP) is -2.08. The number of carbonyl (C=O) groups excluding carboxylic acids is 2. The Labute approximate surface area is 76.2 Å². The Balaban J connectivity index is 2.97. The fourth-order valence-corrected chi connectivity index (χ4v) is 1.01. The third-order valence-electron chi connectivity index (χ3n) is 1.60. The van der Waals surface area contributed by atoms with Crippen LogP contribution in [0.25, 0.3) is 0 Å². The van der Waals surface area contributed by atoms with Crippen LogP contribution < -0.4 is 10.6 Å². The number of amides is 3. The average molecular weight is 203 g/mol. The van der Waals surface area contributed by atoms with E-state index in [1.165, 1.54) is 0 Å². The van der Waals surface area contributed by atoms with E-state index >= 15 is 0 Å². The molecule has 0 aromatic carbocycles. The molecule has 1 aliphatic heterocycles. The van der Waals surface area contributed by atoms with Gasteiger partial charge in [-0.05, 0) is 0 Å². The van der Waals surface area contributed by atoms with Crippen molar-refractivity contribution >= 4 is 17.9 Å². The van der Waals surface area contributed by atoms with Gasteiger partial charge in [0.25, 0.3) is 0 Å². The summed E-state index contributed by atoms with van der Waals surface area (Å²) in [6.45, 7) is 0. The molecule has 0 bridgehead atoms. The summed E-state index contributed by atoms with van der Waals surface area (Å²) in [5.41, 5.74) is 0. The van der Waals surface area contributed by atoms with Gasteiger partial charge in [0, 0.05) is 4.92 Å². The number of nitro groups is 1. The number of rotatable bonds is 2. The number of carboxylic acid groups (broad SMARTS) is 1. The maximum atomic E-state index is 10.9. The molecule has 0 unspecified atom stereocenters. The normalized spacial score (nSPS) is 26.3. The molecule has 2 atom stereocenters. The van der Waals surface area contributed by atoms with Gasteiger partial charge in [-0.25, -0.2) is 9.59 Å². The van der Waals surface area contributed by atoms with E-state index in [0.29, 0.717) is 0 Å². The van der Waals surface area contributed by atoms with Crippen molar-refractivity contribution in [3.63, 3.8) is 0 Å². The monoisotopic (exact) mass is 203 g/mol. The molecule has 0 aliphatic carbocycles. The van der Waals surface area contributed by atoms with Crippen LogP contribution in [-0.4, -0.2) is 40.0 Å². The SMILES string of the molecule is O=C1NC(=O)[C@@H]([N+](=O)[O-])[C@H](C(=O)O)N1. The number of nitrogens with one attached hydrogen (secondary N) is 2. The summed E-state index contributed by atoms with van der Waals surface area (Å²) in [5, 5.41) is 22.2. The van der Waals surface area contributed by atoms with Crippen LogP contribution in [0.3, 0.4) is 0 Å². The van der Waals surface area contributed by atoms with Gasteiger partial charge in [-0.15, -0.1) is 0 Å². The first-order chi connectivity index (χ1) is 6.43. The van der Waals surface area contributed by atoms with Crippen LogP contribution in [0.4, 0.5) is 4.79 Å². The van der Waals surface area contributed by atoms with Crippen molar-refractivity contribution in [2.75, 3.05) is 0 Å². The lowest BCUT2D eigenvalue weighted by Gasteiger charge is -2.22. The molecule has 1 aliphatic rings. The van der Waals surface area contributed by atoms with Crippen molar-refractivity contribution in [1.82, 2.24) is 10.6 Å². The number of carboxylic acids is 1. The molecule has 3 N–H and O–H groups in total. The molecular formula is C5H5N3O6. The second-order valence-corrected chi connectivity index (χ2v) is 2.51. The fourth-order valence-electron chi connectivity index (χ4n) is 1.01. The minimum atomic E-state index is -2.00. The van der Waals surface area contributed by atoms with E-state index < -0.39 is 34.9 Å². The molecule has 3 amide bonds. The molecule has 76 valence electrons. The summed E-state index contributed by atoms with van der Waals surface area (Å²) >= 11 is 0. The van der Waals surface area contributed by atoms with Crippen molar-refractivity contribution < 1.29 is 24.4 Å². The number of hydrogen-bond acceptors (Lipinski definition) is 5. The molecule has 0 aromatic rings. The average Bonchev–Trinajstić information content (AvgIpc) is 2.01. The van der Waals surface area contributed by atoms with E-state index in [4.69, 9.17) is 5.11 Å². The molecule has 14 heavy (non-hydrogen) atoms. The highest BCUT2D eigenvalue weighted by Crippen LogP contribution is 2.04. The number of carbonyl (C=O) groups is 3. The summed E-state index contributed by atoms with van der Waals surface area (Å²) in [7, 11) is 0. The summed E-state index contributed by atoms with van der Waals surface area (Å²) in [6, 6.07) is -4.88. The van der Waals surface area contributed by atoms with Gasteiger partial charge in [0.05, 0.1) is 0 Å². The minimum absolute atomic E-state index is 1.06. The first-order valence-corrected chi connectivity index (χ1v) is 3.41. The Bertz CT molecular complexity index is 325. The number of nitrogens with zero attached hydrogens (tertiary/aromatic N) is 1. The number of urea groups is 1. The zero-order valence-corrected chi connectivity index (χ0v) is 6.59. The number of imide groups is 1. The van der Waals surface area contributed by atoms with Gasteiger partial charge in [-0.3, -0.25) is 20.2 Å². The van der Waals surface area contributed by atoms with Crippen LogP contribution in [0.5, 0.6) is 0 Å². The van der Waals surface area contributed by atoms with Crippen LogP contribution in [0.1, 0.15) is 0 Å². The lowest BCUT2D eigenvalue weighted by atomic mass is 10.1. The molecule has 9 heteroatoms. The topological polar surface area (TPSA) is 139 Å². The quantitative estimate of drug-likeness (QED) is 0.347. The molecular weight excluding hydrogens is 198 g/mol. The highest BCUT2D eigenvalue weighted by molar-refractivity contribution is 6.03. The first-order valence-electron chi connectivity index (χ1n) is 3.41. The Morgan fingerprint density at radius 1 is 1.50 bits per heavy atom. The number of hydrogen-bond donors (Lipinski definition) is 3. The Hall–Kier alpha value is -2.19. The molecule has 1 rings (SSSR count). The molecule has 1 heterocycles. The maximum Gasteiger partial charge on any atom is 0.334 e. The van der Waals surface area contributed by atoms with E-state index in [-0.39, 0.29) is 0 Å². The molecule has 0 aromatic heterocycles. The fraction of sp³-hybridized carbons (Fsp3) is 0.400. The van der Waals surface area contributed by atoms with E-state index in [1.807, 2.05) is 0 Å². The smallest absolute Gasteiger partial charge is 0.334 e. The largest absolute Gasteiger partial charge is 0.480 e. The molecule has 0 saturated carbocycles. The van der Waals surface area contributed by atoms with Crippen LogP contribution in [0, 0.1) is 10.1 Å². The standard InChI is InChI=1S/C5H5N3O6/c9-3-2(8(13)14)1(4(10)11)6-5(12)7-3/h1-2H,(H,10,11)(H2,6,7,9,12)/t1-,2+/m1/s1. The lowest BCUT2D eigenvalue weighted by Crippen LogP contribution is -2.66. The van der Waals surface area contributed by atoms with E-state index in [0.717, 1.165) is 0 Å². The zero-order valence-electron chi connectivity index (χ0n) is 6.59. The third kappa shape index (κ3) is 1.60.